The van der Waals surface area contributed by atoms with Gasteiger partial charge < -0.3 is 9.84 Å². The molecule has 1 aromatic heterocycles. The van der Waals surface area contributed by atoms with Crippen LogP contribution in [0.5, 0.6) is 0 Å². The van der Waals surface area contributed by atoms with E-state index in [2.05, 4.69) is 4.98 Å². The smallest absolute Gasteiger partial charge is 0.227 e. The van der Waals surface area contributed by atoms with E-state index in [9.17, 15) is 9.90 Å². The lowest BCUT2D eigenvalue weighted by Crippen LogP contribution is -2.52. The number of carbonyl (C=O) groups excluding carboxylic acids is 1. The van der Waals surface area contributed by atoms with Crippen LogP contribution in [-0.4, -0.2) is 23.0 Å². The lowest BCUT2D eigenvalue weighted by atomic mass is 9.66. The highest BCUT2D eigenvalue weighted by Gasteiger charge is 2.59. The lowest BCUT2D eigenvalue weighted by molar-refractivity contribution is -0.143. The quantitative estimate of drug-likeness (QED) is 0.865. The van der Waals surface area contributed by atoms with Crippen molar-refractivity contribution in [2.45, 2.75) is 26.4 Å². The van der Waals surface area contributed by atoms with E-state index in [1.54, 1.807) is 24.4 Å². The summed E-state index contributed by atoms with van der Waals surface area (Å²) in [5, 5.41) is 10.5. The van der Waals surface area contributed by atoms with E-state index in [0.717, 1.165) is 0 Å². The maximum atomic E-state index is 12.3. The molecule has 1 N–H and O–H groups in total. The zero-order chi connectivity index (χ0) is 13.6. The van der Waals surface area contributed by atoms with E-state index in [1.807, 2.05) is 20.8 Å². The van der Waals surface area contributed by atoms with Crippen molar-refractivity contribution in [2.24, 2.45) is 5.41 Å². The Morgan fingerprint density at radius 1 is 1.33 bits per heavy atom. The van der Waals surface area contributed by atoms with Crippen molar-refractivity contribution in [1.29, 1.82) is 0 Å². The van der Waals surface area contributed by atoms with Crippen LogP contribution in [0.4, 0.5) is 0 Å². The molecule has 0 bridgehead atoms. The first-order valence-corrected chi connectivity index (χ1v) is 5.81. The molecular weight excluding hydrogens is 230 g/mol. The average Bonchev–Trinajstić information content (AvgIpc) is 2.33. The molecule has 1 heterocycles. The molecular formula is C14H17NO3. The molecule has 0 spiro atoms. The van der Waals surface area contributed by atoms with Gasteiger partial charge in [0.05, 0.1) is 12.8 Å². The summed E-state index contributed by atoms with van der Waals surface area (Å²) < 4.78 is 5.23. The van der Waals surface area contributed by atoms with Crippen LogP contribution in [0.2, 0.25) is 0 Å². The molecule has 96 valence electrons. The van der Waals surface area contributed by atoms with Crippen LogP contribution >= 0.6 is 0 Å². The van der Waals surface area contributed by atoms with Crippen molar-refractivity contribution in [3.8, 4) is 0 Å². The Morgan fingerprint density at radius 3 is 2.44 bits per heavy atom. The number of methoxy groups -OCH3 is 1. The molecule has 4 nitrogen and oxygen atoms in total. The topological polar surface area (TPSA) is 59.4 Å². The number of nitrogens with zero attached hydrogens (tertiary/aromatic N) is 1. The first-order chi connectivity index (χ1) is 8.33. The molecule has 0 amide bonds. The van der Waals surface area contributed by atoms with Gasteiger partial charge >= 0.3 is 0 Å². The highest BCUT2D eigenvalue weighted by Crippen LogP contribution is 2.49. The Labute approximate surface area is 106 Å². The van der Waals surface area contributed by atoms with Gasteiger partial charge in [0.1, 0.15) is 5.76 Å². The van der Waals surface area contributed by atoms with Crippen LogP contribution < -0.4 is 0 Å². The molecule has 2 rings (SSSR count). The van der Waals surface area contributed by atoms with Gasteiger partial charge in [0, 0.05) is 11.8 Å². The van der Waals surface area contributed by atoms with Crippen molar-refractivity contribution < 1.29 is 14.6 Å². The summed E-state index contributed by atoms with van der Waals surface area (Å²) in [6, 6.07) is 5.09. The highest BCUT2D eigenvalue weighted by atomic mass is 16.5. The summed E-state index contributed by atoms with van der Waals surface area (Å²) in [6.45, 7) is 5.74. The number of aliphatic hydroxyl groups is 1. The molecule has 0 saturated heterocycles. The van der Waals surface area contributed by atoms with Gasteiger partial charge in [-0.25, -0.2) is 0 Å². The second kappa shape index (κ2) is 3.92. The largest absolute Gasteiger partial charge is 0.497 e. The van der Waals surface area contributed by atoms with Gasteiger partial charge in [0.2, 0.25) is 11.4 Å². The Hall–Kier alpha value is -1.68. The fourth-order valence-electron chi connectivity index (χ4n) is 2.25. The van der Waals surface area contributed by atoms with Gasteiger partial charge in [0.15, 0.2) is 0 Å². The monoisotopic (exact) mass is 247 g/mol. The number of hydrogen-bond acceptors (Lipinski definition) is 4. The zero-order valence-electron chi connectivity index (χ0n) is 11.0. The van der Waals surface area contributed by atoms with E-state index in [-0.39, 0.29) is 11.2 Å². The molecule has 0 aliphatic heterocycles. The van der Waals surface area contributed by atoms with Gasteiger partial charge in [-0.15, -0.1) is 0 Å². The Morgan fingerprint density at radius 2 is 2.00 bits per heavy atom. The minimum absolute atomic E-state index is 0.304. The summed E-state index contributed by atoms with van der Waals surface area (Å²) in [4.78, 5) is 16.3. The molecule has 1 aromatic rings. The van der Waals surface area contributed by atoms with Crippen molar-refractivity contribution in [1.82, 2.24) is 4.98 Å². The van der Waals surface area contributed by atoms with E-state index in [1.165, 1.54) is 7.11 Å². The number of pyridine rings is 1. The number of Topliss-reactive ketones (excluding diaryl/α,β-unsaturated/α-hetero) is 1. The first-order valence-electron chi connectivity index (χ1n) is 5.81. The van der Waals surface area contributed by atoms with Gasteiger partial charge in [-0.05, 0) is 17.5 Å². The summed E-state index contributed by atoms with van der Waals surface area (Å²) in [7, 11) is 1.46. The molecule has 0 aromatic carbocycles. The number of ether oxygens (including phenoxy) is 1. The number of ketones is 1. The maximum Gasteiger partial charge on any atom is 0.227 e. The van der Waals surface area contributed by atoms with Crippen LogP contribution in [0.25, 0.3) is 0 Å². The summed E-state index contributed by atoms with van der Waals surface area (Å²) in [6.07, 6.45) is 1.54. The van der Waals surface area contributed by atoms with Crippen molar-refractivity contribution in [2.75, 3.05) is 7.11 Å². The Bertz CT molecular complexity index is 514. The number of aromatic nitrogens is 1. The zero-order valence-corrected chi connectivity index (χ0v) is 11.0. The van der Waals surface area contributed by atoms with E-state index >= 15 is 0 Å². The molecule has 0 saturated carbocycles. The van der Waals surface area contributed by atoms with Crippen molar-refractivity contribution >= 4 is 5.78 Å². The fourth-order valence-corrected chi connectivity index (χ4v) is 2.25. The SMILES string of the molecule is COC1=C(C(C)(C)C)C(=O)C1(O)c1ccccn1. The Balaban J connectivity index is 2.57. The van der Waals surface area contributed by atoms with E-state index in [4.69, 9.17) is 4.74 Å². The molecule has 1 atom stereocenters. The molecule has 0 fully saturated rings. The minimum Gasteiger partial charge on any atom is -0.497 e. The third kappa shape index (κ3) is 1.56. The van der Waals surface area contributed by atoms with Gasteiger partial charge in [-0.3, -0.25) is 9.78 Å². The minimum atomic E-state index is -1.72. The number of hydrogen-bond donors (Lipinski definition) is 1. The molecule has 1 aliphatic rings. The first kappa shape index (κ1) is 12.8. The molecule has 1 aliphatic carbocycles. The third-order valence-electron chi connectivity index (χ3n) is 3.10. The van der Waals surface area contributed by atoms with E-state index in [0.29, 0.717) is 17.0 Å². The second-order valence-corrected chi connectivity index (χ2v) is 5.41. The molecule has 1 unspecified atom stereocenters. The summed E-state index contributed by atoms with van der Waals surface area (Å²) in [5.74, 6) is -0.0238. The summed E-state index contributed by atoms with van der Waals surface area (Å²) >= 11 is 0. The fraction of sp³-hybridized carbons (Fsp3) is 0.429. The van der Waals surface area contributed by atoms with Crippen LogP contribution in [-0.2, 0) is 15.1 Å². The average molecular weight is 247 g/mol. The highest BCUT2D eigenvalue weighted by molar-refractivity contribution is 6.12. The predicted molar refractivity (Wildman–Crippen MR) is 66.6 cm³/mol. The van der Waals surface area contributed by atoms with Crippen LogP contribution in [0, 0.1) is 5.41 Å². The standard InChI is InChI=1S/C14H17NO3/c1-13(2,3)10-11(16)14(17,12(10)18-4)9-7-5-6-8-15-9/h5-8,17H,1-4H3. The second-order valence-electron chi connectivity index (χ2n) is 5.41. The number of rotatable bonds is 2. The molecule has 0 radical (unpaired) electrons. The van der Waals surface area contributed by atoms with Crippen LogP contribution in [0.1, 0.15) is 26.5 Å². The van der Waals surface area contributed by atoms with Crippen molar-refractivity contribution in [3.63, 3.8) is 0 Å². The Kier molecular flexibility index (Phi) is 2.78. The normalized spacial score (nSPS) is 23.9. The lowest BCUT2D eigenvalue weighted by Gasteiger charge is -2.42. The van der Waals surface area contributed by atoms with Crippen LogP contribution in [0.15, 0.2) is 35.7 Å². The predicted octanol–water partition coefficient (Wildman–Crippen LogP) is 1.80. The maximum absolute atomic E-state index is 12.3. The van der Waals surface area contributed by atoms with Gasteiger partial charge in [0.25, 0.3) is 0 Å². The summed E-state index contributed by atoms with van der Waals surface area (Å²) in [5.41, 5.74) is -1.25. The number of carbonyl (C=O) groups is 1. The third-order valence-corrected chi connectivity index (χ3v) is 3.10. The van der Waals surface area contributed by atoms with Crippen LogP contribution in [0.3, 0.4) is 0 Å². The van der Waals surface area contributed by atoms with Crippen molar-refractivity contribution in [3.05, 3.63) is 41.4 Å². The molecule has 18 heavy (non-hydrogen) atoms. The molecule has 4 heteroatoms. The van der Waals surface area contributed by atoms with E-state index < -0.39 is 5.60 Å². The van der Waals surface area contributed by atoms with Gasteiger partial charge in [-0.1, -0.05) is 26.8 Å². The van der Waals surface area contributed by atoms with Gasteiger partial charge in [-0.2, -0.15) is 0 Å².